The molecule has 4 nitrogen and oxygen atoms in total. The molecule has 0 saturated heterocycles. The lowest BCUT2D eigenvalue weighted by Crippen LogP contribution is -2.22. The summed E-state index contributed by atoms with van der Waals surface area (Å²) in [5.74, 6) is 0.774. The molecule has 0 radical (unpaired) electrons. The predicted molar refractivity (Wildman–Crippen MR) is 70.4 cm³/mol. The van der Waals surface area contributed by atoms with E-state index in [1.54, 1.807) is 11.3 Å². The van der Waals surface area contributed by atoms with E-state index >= 15 is 0 Å². The van der Waals surface area contributed by atoms with Crippen molar-refractivity contribution in [2.75, 3.05) is 25.1 Å². The summed E-state index contributed by atoms with van der Waals surface area (Å²) in [5, 5.41) is 21.4. The maximum atomic E-state index is 8.85. The lowest BCUT2D eigenvalue weighted by Gasteiger charge is -2.15. The second kappa shape index (κ2) is 5.25. The van der Waals surface area contributed by atoms with Gasteiger partial charge in [-0.3, -0.25) is 0 Å². The van der Waals surface area contributed by atoms with Crippen LogP contribution in [0.2, 0.25) is 0 Å². The van der Waals surface area contributed by atoms with Crippen LogP contribution in [0.5, 0.6) is 0 Å². The molecule has 2 aromatic rings. The average Bonchev–Trinajstić information content (AvgIpc) is 2.76. The molecule has 1 N–H and O–H groups in total. The number of aliphatic hydroxyl groups is 1. The third-order valence-corrected chi connectivity index (χ3v) is 3.47. The highest BCUT2D eigenvalue weighted by molar-refractivity contribution is 7.08. The van der Waals surface area contributed by atoms with Crippen LogP contribution >= 0.6 is 11.3 Å². The van der Waals surface area contributed by atoms with E-state index in [4.69, 9.17) is 5.11 Å². The molecule has 0 atom stereocenters. The molecule has 90 valence electrons. The molecule has 0 saturated carbocycles. The SMILES string of the molecule is Cc1cscc1-c1ccc(N(C)CCO)nn1. The van der Waals surface area contributed by atoms with Gasteiger partial charge in [0.05, 0.1) is 12.3 Å². The minimum atomic E-state index is 0.115. The zero-order chi connectivity index (χ0) is 12.3. The minimum Gasteiger partial charge on any atom is -0.395 e. The molecule has 17 heavy (non-hydrogen) atoms. The molecule has 0 aromatic carbocycles. The van der Waals surface area contributed by atoms with Gasteiger partial charge in [-0.1, -0.05) is 0 Å². The van der Waals surface area contributed by atoms with Gasteiger partial charge in [0.25, 0.3) is 0 Å². The van der Waals surface area contributed by atoms with E-state index in [0.29, 0.717) is 6.54 Å². The molecule has 0 unspecified atom stereocenters. The number of aryl methyl sites for hydroxylation is 1. The van der Waals surface area contributed by atoms with E-state index in [-0.39, 0.29) is 6.61 Å². The van der Waals surface area contributed by atoms with Crippen LogP contribution in [0.15, 0.2) is 22.9 Å². The lowest BCUT2D eigenvalue weighted by atomic mass is 10.1. The summed E-state index contributed by atoms with van der Waals surface area (Å²) in [5.41, 5.74) is 3.25. The Morgan fingerprint density at radius 3 is 2.65 bits per heavy atom. The molecule has 0 bridgehead atoms. The molecule has 0 aliphatic rings. The highest BCUT2D eigenvalue weighted by atomic mass is 32.1. The van der Waals surface area contributed by atoms with Crippen molar-refractivity contribution in [1.29, 1.82) is 0 Å². The summed E-state index contributed by atoms with van der Waals surface area (Å²) in [4.78, 5) is 1.87. The fraction of sp³-hybridized carbons (Fsp3) is 0.333. The summed E-state index contributed by atoms with van der Waals surface area (Å²) < 4.78 is 0. The molecule has 0 aliphatic carbocycles. The first-order chi connectivity index (χ1) is 8.22. The molecule has 0 amide bonds. The van der Waals surface area contributed by atoms with Crippen molar-refractivity contribution >= 4 is 17.2 Å². The Labute approximate surface area is 105 Å². The summed E-state index contributed by atoms with van der Waals surface area (Å²) >= 11 is 1.67. The fourth-order valence-electron chi connectivity index (χ4n) is 1.56. The second-order valence-corrected chi connectivity index (χ2v) is 4.63. The van der Waals surface area contributed by atoms with Crippen molar-refractivity contribution in [3.8, 4) is 11.3 Å². The second-order valence-electron chi connectivity index (χ2n) is 3.89. The van der Waals surface area contributed by atoms with E-state index in [9.17, 15) is 0 Å². The van der Waals surface area contributed by atoms with E-state index in [0.717, 1.165) is 17.1 Å². The van der Waals surface area contributed by atoms with Crippen LogP contribution in [-0.2, 0) is 0 Å². The Balaban J connectivity index is 2.21. The molecular formula is C12H15N3OS. The first kappa shape index (κ1) is 12.0. The number of thiophene rings is 1. The van der Waals surface area contributed by atoms with Gasteiger partial charge >= 0.3 is 0 Å². The van der Waals surface area contributed by atoms with E-state index in [1.807, 2.05) is 24.1 Å². The van der Waals surface area contributed by atoms with Gasteiger partial charge in [0.15, 0.2) is 5.82 Å². The normalized spacial score (nSPS) is 10.5. The van der Waals surface area contributed by atoms with Gasteiger partial charge in [-0.25, -0.2) is 0 Å². The Morgan fingerprint density at radius 2 is 2.12 bits per heavy atom. The Bertz CT molecular complexity index is 481. The Kier molecular flexibility index (Phi) is 3.71. The first-order valence-corrected chi connectivity index (χ1v) is 6.35. The standard InChI is InChI=1S/C12H15N3OS/c1-9-7-17-8-10(9)11-3-4-12(14-13-11)15(2)5-6-16/h3-4,7-8,16H,5-6H2,1-2H3. The Hall–Kier alpha value is -1.46. The van der Waals surface area contributed by atoms with Crippen molar-refractivity contribution in [3.63, 3.8) is 0 Å². The van der Waals surface area contributed by atoms with Crippen LogP contribution in [0.25, 0.3) is 11.3 Å². The third kappa shape index (κ3) is 2.62. The zero-order valence-electron chi connectivity index (χ0n) is 9.92. The first-order valence-electron chi connectivity index (χ1n) is 5.41. The number of hydrogen-bond acceptors (Lipinski definition) is 5. The van der Waals surface area contributed by atoms with Gasteiger partial charge in [0, 0.05) is 24.5 Å². The molecule has 0 fully saturated rings. The van der Waals surface area contributed by atoms with E-state index in [1.165, 1.54) is 5.56 Å². The molecular weight excluding hydrogens is 234 g/mol. The highest BCUT2D eigenvalue weighted by Crippen LogP contribution is 2.25. The number of nitrogens with zero attached hydrogens (tertiary/aromatic N) is 3. The monoisotopic (exact) mass is 249 g/mol. The summed E-state index contributed by atoms with van der Waals surface area (Å²) in [6.45, 7) is 2.74. The molecule has 0 spiro atoms. The molecule has 2 heterocycles. The number of rotatable bonds is 4. The van der Waals surface area contributed by atoms with E-state index < -0.39 is 0 Å². The van der Waals surface area contributed by atoms with Crippen LogP contribution in [0.3, 0.4) is 0 Å². The topological polar surface area (TPSA) is 49.2 Å². The van der Waals surface area contributed by atoms with Crippen molar-refractivity contribution in [1.82, 2.24) is 10.2 Å². The largest absolute Gasteiger partial charge is 0.395 e. The number of hydrogen-bond donors (Lipinski definition) is 1. The van der Waals surface area contributed by atoms with Gasteiger partial charge in [-0.15, -0.1) is 10.2 Å². The molecule has 0 aliphatic heterocycles. The van der Waals surface area contributed by atoms with Crippen LogP contribution in [0.4, 0.5) is 5.82 Å². The van der Waals surface area contributed by atoms with Crippen molar-refractivity contribution in [3.05, 3.63) is 28.5 Å². The molecule has 2 rings (SSSR count). The van der Waals surface area contributed by atoms with Crippen molar-refractivity contribution < 1.29 is 5.11 Å². The van der Waals surface area contributed by atoms with Gasteiger partial charge in [-0.2, -0.15) is 11.3 Å². The fourth-order valence-corrected chi connectivity index (χ4v) is 2.40. The predicted octanol–water partition coefficient (Wildman–Crippen LogP) is 1.94. The molecule has 2 aromatic heterocycles. The van der Waals surface area contributed by atoms with Crippen molar-refractivity contribution in [2.24, 2.45) is 0 Å². The smallest absolute Gasteiger partial charge is 0.151 e. The number of aliphatic hydroxyl groups excluding tert-OH is 1. The summed E-state index contributed by atoms with van der Waals surface area (Å²) in [6, 6.07) is 3.89. The third-order valence-electron chi connectivity index (χ3n) is 2.61. The minimum absolute atomic E-state index is 0.115. The molecule has 5 heteroatoms. The average molecular weight is 249 g/mol. The van der Waals surface area contributed by atoms with Gasteiger partial charge in [0.1, 0.15) is 0 Å². The van der Waals surface area contributed by atoms with Crippen LogP contribution < -0.4 is 4.90 Å². The Morgan fingerprint density at radius 1 is 1.29 bits per heavy atom. The number of anilines is 1. The van der Waals surface area contributed by atoms with Crippen molar-refractivity contribution in [2.45, 2.75) is 6.92 Å². The lowest BCUT2D eigenvalue weighted by molar-refractivity contribution is 0.303. The number of aromatic nitrogens is 2. The maximum Gasteiger partial charge on any atom is 0.151 e. The summed E-state index contributed by atoms with van der Waals surface area (Å²) in [7, 11) is 1.88. The van der Waals surface area contributed by atoms with Crippen LogP contribution in [-0.4, -0.2) is 35.5 Å². The van der Waals surface area contributed by atoms with E-state index in [2.05, 4.69) is 27.9 Å². The zero-order valence-corrected chi connectivity index (χ0v) is 10.7. The summed E-state index contributed by atoms with van der Waals surface area (Å²) in [6.07, 6.45) is 0. The quantitative estimate of drug-likeness (QED) is 0.899. The highest BCUT2D eigenvalue weighted by Gasteiger charge is 2.07. The number of likely N-dealkylation sites (N-methyl/N-ethyl adjacent to an activating group) is 1. The maximum absolute atomic E-state index is 8.85. The van der Waals surface area contributed by atoms with Crippen LogP contribution in [0, 0.1) is 6.92 Å². The van der Waals surface area contributed by atoms with Gasteiger partial charge < -0.3 is 10.0 Å². The van der Waals surface area contributed by atoms with Gasteiger partial charge in [0.2, 0.25) is 0 Å². The van der Waals surface area contributed by atoms with Crippen LogP contribution in [0.1, 0.15) is 5.56 Å². The van der Waals surface area contributed by atoms with Gasteiger partial charge in [-0.05, 0) is 30.0 Å².